The van der Waals surface area contributed by atoms with Gasteiger partial charge in [0.2, 0.25) is 0 Å². The van der Waals surface area contributed by atoms with Crippen LogP contribution in [0.2, 0.25) is 0 Å². The Bertz CT molecular complexity index is 795. The van der Waals surface area contributed by atoms with Gasteiger partial charge in [0, 0.05) is 25.0 Å². The zero-order valence-electron chi connectivity index (χ0n) is 13.8. The highest BCUT2D eigenvalue weighted by Gasteiger charge is 2.25. The van der Waals surface area contributed by atoms with E-state index in [2.05, 4.69) is 51.0 Å². The molecule has 0 unspecified atom stereocenters. The van der Waals surface area contributed by atoms with Crippen LogP contribution in [0.1, 0.15) is 36.4 Å². The number of aromatic nitrogens is 4. The number of aryl methyl sites for hydroxylation is 1. The predicted octanol–water partition coefficient (Wildman–Crippen LogP) is 3.70. The highest BCUT2D eigenvalue weighted by molar-refractivity contribution is 5.47. The van der Waals surface area contributed by atoms with Crippen molar-refractivity contribution in [3.8, 4) is 5.82 Å². The minimum atomic E-state index is 0.380. The van der Waals surface area contributed by atoms with Crippen molar-refractivity contribution >= 4 is 5.82 Å². The molecular formula is C19H21N5. The van der Waals surface area contributed by atoms with Crippen molar-refractivity contribution < 1.29 is 0 Å². The summed E-state index contributed by atoms with van der Waals surface area (Å²) in [6.07, 6.45) is 10.7. The molecule has 1 aliphatic rings. The van der Waals surface area contributed by atoms with Crippen molar-refractivity contribution in [2.75, 3.05) is 11.4 Å². The molecule has 0 radical (unpaired) electrons. The van der Waals surface area contributed by atoms with Gasteiger partial charge in [0.1, 0.15) is 24.3 Å². The molecule has 0 aliphatic carbocycles. The molecule has 122 valence electrons. The van der Waals surface area contributed by atoms with Crippen molar-refractivity contribution in [1.82, 2.24) is 19.5 Å². The molecule has 1 saturated heterocycles. The van der Waals surface area contributed by atoms with E-state index in [1.54, 1.807) is 18.9 Å². The van der Waals surface area contributed by atoms with E-state index >= 15 is 0 Å². The number of nitrogens with zero attached hydrogens (tertiary/aromatic N) is 5. The molecule has 5 nitrogen and oxygen atoms in total. The third kappa shape index (κ3) is 2.89. The quantitative estimate of drug-likeness (QED) is 0.738. The fourth-order valence-corrected chi connectivity index (χ4v) is 3.37. The summed E-state index contributed by atoms with van der Waals surface area (Å²) in [4.78, 5) is 15.4. The van der Waals surface area contributed by atoms with Gasteiger partial charge in [0.05, 0.1) is 6.04 Å². The van der Waals surface area contributed by atoms with Gasteiger partial charge in [-0.15, -0.1) is 0 Å². The lowest BCUT2D eigenvalue weighted by molar-refractivity contribution is 0.469. The van der Waals surface area contributed by atoms with Crippen LogP contribution in [0.4, 0.5) is 5.82 Å². The lowest BCUT2D eigenvalue weighted by atomic mass is 9.94. The first kappa shape index (κ1) is 14.9. The van der Waals surface area contributed by atoms with Gasteiger partial charge in [-0.1, -0.05) is 29.8 Å². The summed E-state index contributed by atoms with van der Waals surface area (Å²) in [7, 11) is 0. The van der Waals surface area contributed by atoms with Crippen LogP contribution in [-0.4, -0.2) is 26.1 Å². The molecule has 3 heterocycles. The summed E-state index contributed by atoms with van der Waals surface area (Å²) in [6, 6.07) is 11.3. The molecule has 2 aromatic heterocycles. The van der Waals surface area contributed by atoms with Crippen LogP contribution in [-0.2, 0) is 0 Å². The van der Waals surface area contributed by atoms with Crippen LogP contribution in [0.15, 0.2) is 55.4 Å². The fraction of sp³-hybridized carbons (Fsp3) is 0.316. The largest absolute Gasteiger partial charge is 0.349 e. The number of hydrogen-bond donors (Lipinski definition) is 0. The summed E-state index contributed by atoms with van der Waals surface area (Å²) in [5.41, 5.74) is 2.66. The topological polar surface area (TPSA) is 46.8 Å². The molecular weight excluding hydrogens is 298 g/mol. The smallest absolute Gasteiger partial charge is 0.143 e. The third-order valence-corrected chi connectivity index (χ3v) is 4.67. The normalized spacial score (nSPS) is 17.9. The Hall–Kier alpha value is -2.69. The second-order valence-corrected chi connectivity index (χ2v) is 6.32. The van der Waals surface area contributed by atoms with E-state index < -0.39 is 0 Å². The first-order valence-corrected chi connectivity index (χ1v) is 8.45. The average Bonchev–Trinajstić information content (AvgIpc) is 3.17. The Balaban J connectivity index is 1.68. The fourth-order valence-electron chi connectivity index (χ4n) is 3.37. The van der Waals surface area contributed by atoms with Gasteiger partial charge < -0.3 is 4.90 Å². The molecule has 4 rings (SSSR count). The number of piperidine rings is 1. The summed E-state index contributed by atoms with van der Waals surface area (Å²) in [5, 5.41) is 0. The standard InChI is InChI=1S/C19H21N5/c1-15-5-7-16(8-6-15)17-4-2-3-10-24(17)19-12-18(21-13-22-19)23-11-9-20-14-23/h5-9,11-14,17H,2-4,10H2,1H3/t17-/m0/s1. The Morgan fingerprint density at radius 3 is 2.67 bits per heavy atom. The van der Waals surface area contributed by atoms with Gasteiger partial charge in [-0.25, -0.2) is 15.0 Å². The summed E-state index contributed by atoms with van der Waals surface area (Å²) < 4.78 is 1.91. The maximum atomic E-state index is 4.55. The van der Waals surface area contributed by atoms with E-state index in [-0.39, 0.29) is 0 Å². The van der Waals surface area contributed by atoms with Gasteiger partial charge in [-0.3, -0.25) is 4.57 Å². The van der Waals surface area contributed by atoms with E-state index in [0.717, 1.165) is 24.6 Å². The molecule has 0 bridgehead atoms. The zero-order chi connectivity index (χ0) is 16.4. The van der Waals surface area contributed by atoms with Crippen molar-refractivity contribution in [2.24, 2.45) is 0 Å². The number of benzene rings is 1. The van der Waals surface area contributed by atoms with Crippen LogP contribution < -0.4 is 4.90 Å². The monoisotopic (exact) mass is 319 g/mol. The molecule has 0 spiro atoms. The van der Waals surface area contributed by atoms with Gasteiger partial charge >= 0.3 is 0 Å². The Morgan fingerprint density at radius 1 is 1.04 bits per heavy atom. The second kappa shape index (κ2) is 6.43. The molecule has 0 saturated carbocycles. The van der Waals surface area contributed by atoms with Crippen LogP contribution in [0, 0.1) is 6.92 Å². The summed E-state index contributed by atoms with van der Waals surface area (Å²) in [6.45, 7) is 3.16. The van der Waals surface area contributed by atoms with Gasteiger partial charge in [0.15, 0.2) is 0 Å². The molecule has 1 aliphatic heterocycles. The van der Waals surface area contributed by atoms with Crippen LogP contribution >= 0.6 is 0 Å². The molecule has 5 heteroatoms. The minimum Gasteiger partial charge on any atom is -0.349 e. The second-order valence-electron chi connectivity index (χ2n) is 6.32. The van der Waals surface area contributed by atoms with Crippen LogP contribution in [0.5, 0.6) is 0 Å². The minimum absolute atomic E-state index is 0.380. The molecule has 3 aromatic rings. The molecule has 1 aromatic carbocycles. The SMILES string of the molecule is Cc1ccc([C@@H]2CCCCN2c2cc(-n3ccnc3)ncn2)cc1. The van der Waals surface area contributed by atoms with E-state index in [4.69, 9.17) is 0 Å². The number of imidazole rings is 1. The number of anilines is 1. The first-order chi connectivity index (χ1) is 11.8. The van der Waals surface area contributed by atoms with Crippen LogP contribution in [0.3, 0.4) is 0 Å². The number of hydrogen-bond acceptors (Lipinski definition) is 4. The van der Waals surface area contributed by atoms with Gasteiger partial charge in [-0.2, -0.15) is 0 Å². The van der Waals surface area contributed by atoms with E-state index in [1.807, 2.05) is 16.8 Å². The first-order valence-electron chi connectivity index (χ1n) is 8.45. The van der Waals surface area contributed by atoms with Crippen molar-refractivity contribution in [1.29, 1.82) is 0 Å². The van der Waals surface area contributed by atoms with E-state index in [0.29, 0.717) is 6.04 Å². The lowest BCUT2D eigenvalue weighted by Crippen LogP contribution is -2.34. The maximum absolute atomic E-state index is 4.55. The molecule has 24 heavy (non-hydrogen) atoms. The third-order valence-electron chi connectivity index (χ3n) is 4.67. The van der Waals surface area contributed by atoms with E-state index in [1.165, 1.54) is 24.0 Å². The van der Waals surface area contributed by atoms with Crippen LogP contribution in [0.25, 0.3) is 5.82 Å². The zero-order valence-corrected chi connectivity index (χ0v) is 13.8. The molecule has 1 atom stereocenters. The Morgan fingerprint density at radius 2 is 1.88 bits per heavy atom. The predicted molar refractivity (Wildman–Crippen MR) is 94.3 cm³/mol. The maximum Gasteiger partial charge on any atom is 0.143 e. The highest BCUT2D eigenvalue weighted by atomic mass is 15.2. The lowest BCUT2D eigenvalue weighted by Gasteiger charge is -2.37. The van der Waals surface area contributed by atoms with Crippen molar-refractivity contribution in [3.63, 3.8) is 0 Å². The Labute approximate surface area is 142 Å². The Kier molecular flexibility index (Phi) is 3.99. The average molecular weight is 319 g/mol. The number of rotatable bonds is 3. The molecule has 0 N–H and O–H groups in total. The van der Waals surface area contributed by atoms with Gasteiger partial charge in [-0.05, 0) is 31.7 Å². The van der Waals surface area contributed by atoms with Crippen molar-refractivity contribution in [3.05, 3.63) is 66.5 Å². The molecule has 0 amide bonds. The highest BCUT2D eigenvalue weighted by Crippen LogP contribution is 2.34. The molecule has 1 fully saturated rings. The summed E-state index contributed by atoms with van der Waals surface area (Å²) in [5.74, 6) is 1.84. The van der Waals surface area contributed by atoms with Crippen molar-refractivity contribution in [2.45, 2.75) is 32.2 Å². The summed E-state index contributed by atoms with van der Waals surface area (Å²) >= 11 is 0. The van der Waals surface area contributed by atoms with Gasteiger partial charge in [0.25, 0.3) is 0 Å². The van der Waals surface area contributed by atoms with E-state index in [9.17, 15) is 0 Å².